The van der Waals surface area contributed by atoms with Crippen molar-refractivity contribution in [1.82, 2.24) is 0 Å². The highest BCUT2D eigenvalue weighted by Gasteiger charge is 2.06. The van der Waals surface area contributed by atoms with E-state index in [1.165, 1.54) is 0 Å². The van der Waals surface area contributed by atoms with Gasteiger partial charge in [-0.2, -0.15) is 0 Å². The summed E-state index contributed by atoms with van der Waals surface area (Å²) in [6.07, 6.45) is -0.441. The second kappa shape index (κ2) is 3.88. The average Bonchev–Trinajstić information content (AvgIpc) is 2.06. The zero-order valence-electron chi connectivity index (χ0n) is 6.70. The molecule has 1 aromatic rings. The van der Waals surface area contributed by atoms with Crippen LogP contribution in [0.4, 0.5) is 0 Å². The lowest BCUT2D eigenvalue weighted by atomic mass is 10.1. The first-order chi connectivity index (χ1) is 5.70. The van der Waals surface area contributed by atoms with Crippen LogP contribution in [0.2, 0.25) is 0 Å². The first kappa shape index (κ1) is 8.74. The maximum atomic E-state index is 9.23. The van der Waals surface area contributed by atoms with Crippen LogP contribution < -0.4 is 5.73 Å². The van der Waals surface area contributed by atoms with Gasteiger partial charge in [0.15, 0.2) is 0 Å². The molecule has 1 aromatic carbocycles. The van der Waals surface area contributed by atoms with Crippen LogP contribution in [-0.4, -0.2) is 17.0 Å². The number of aliphatic hydroxyl groups excluding tert-OH is 1. The summed E-state index contributed by atoms with van der Waals surface area (Å²) in [4.78, 5) is 0. The summed E-state index contributed by atoms with van der Waals surface area (Å²) in [7, 11) is 0. The summed E-state index contributed by atoms with van der Waals surface area (Å²) < 4.78 is 0. The highest BCUT2D eigenvalue weighted by Crippen LogP contribution is 2.02. The first-order valence-electron chi connectivity index (χ1n) is 3.76. The van der Waals surface area contributed by atoms with Crippen LogP contribution in [-0.2, 0) is 6.42 Å². The lowest BCUT2D eigenvalue weighted by molar-refractivity contribution is 0.240. The van der Waals surface area contributed by atoms with E-state index in [1.54, 1.807) is 0 Å². The average molecular weight is 164 g/mol. The highest BCUT2D eigenvalue weighted by atomic mass is 16.3. The van der Waals surface area contributed by atoms with E-state index in [0.717, 1.165) is 5.56 Å². The van der Waals surface area contributed by atoms with E-state index in [1.807, 2.05) is 30.3 Å². The van der Waals surface area contributed by atoms with Gasteiger partial charge in [-0.15, -0.1) is 0 Å². The van der Waals surface area contributed by atoms with Gasteiger partial charge < -0.3 is 10.8 Å². The SMILES string of the molecule is N=C(N)C(O)Cc1ccccc1. The summed E-state index contributed by atoms with van der Waals surface area (Å²) in [5, 5.41) is 16.2. The van der Waals surface area contributed by atoms with Gasteiger partial charge in [0, 0.05) is 6.42 Å². The van der Waals surface area contributed by atoms with Crippen molar-refractivity contribution in [3.63, 3.8) is 0 Å². The fourth-order valence-electron chi connectivity index (χ4n) is 0.947. The first-order valence-corrected chi connectivity index (χ1v) is 3.76. The van der Waals surface area contributed by atoms with E-state index < -0.39 is 6.10 Å². The van der Waals surface area contributed by atoms with Gasteiger partial charge in [-0.25, -0.2) is 0 Å². The van der Waals surface area contributed by atoms with Gasteiger partial charge in [0.1, 0.15) is 11.9 Å². The minimum Gasteiger partial charge on any atom is -0.385 e. The van der Waals surface area contributed by atoms with Crippen molar-refractivity contribution in [3.05, 3.63) is 35.9 Å². The minimum atomic E-state index is -0.854. The smallest absolute Gasteiger partial charge is 0.120 e. The van der Waals surface area contributed by atoms with Gasteiger partial charge in [0.2, 0.25) is 0 Å². The van der Waals surface area contributed by atoms with E-state index in [2.05, 4.69) is 0 Å². The Labute approximate surface area is 71.3 Å². The second-order valence-electron chi connectivity index (χ2n) is 2.66. The van der Waals surface area contributed by atoms with Gasteiger partial charge in [-0.1, -0.05) is 30.3 Å². The zero-order valence-corrected chi connectivity index (χ0v) is 6.70. The van der Waals surface area contributed by atoms with E-state index in [0.29, 0.717) is 6.42 Å². The number of hydrogen-bond donors (Lipinski definition) is 3. The molecule has 0 bridgehead atoms. The Kier molecular flexibility index (Phi) is 2.82. The van der Waals surface area contributed by atoms with E-state index >= 15 is 0 Å². The van der Waals surface area contributed by atoms with Crippen molar-refractivity contribution in [3.8, 4) is 0 Å². The fraction of sp³-hybridized carbons (Fsp3) is 0.222. The molecular weight excluding hydrogens is 152 g/mol. The Balaban J connectivity index is 2.58. The summed E-state index contributed by atoms with van der Waals surface area (Å²) in [6.45, 7) is 0. The molecule has 0 aromatic heterocycles. The van der Waals surface area contributed by atoms with Crippen molar-refractivity contribution < 1.29 is 5.11 Å². The van der Waals surface area contributed by atoms with Gasteiger partial charge >= 0.3 is 0 Å². The van der Waals surface area contributed by atoms with Crippen LogP contribution in [0, 0.1) is 5.41 Å². The number of nitrogens with two attached hydrogens (primary N) is 1. The van der Waals surface area contributed by atoms with Crippen LogP contribution in [0.25, 0.3) is 0 Å². The molecule has 4 N–H and O–H groups in total. The normalized spacial score (nSPS) is 12.4. The predicted molar refractivity (Wildman–Crippen MR) is 48.1 cm³/mol. The van der Waals surface area contributed by atoms with E-state index in [-0.39, 0.29) is 5.84 Å². The van der Waals surface area contributed by atoms with Gasteiger partial charge in [-0.05, 0) is 5.56 Å². The number of rotatable bonds is 3. The molecule has 0 fully saturated rings. The Hall–Kier alpha value is -1.35. The molecule has 0 spiro atoms. The van der Waals surface area contributed by atoms with Crippen molar-refractivity contribution in [2.75, 3.05) is 0 Å². The monoisotopic (exact) mass is 164 g/mol. The van der Waals surface area contributed by atoms with Crippen LogP contribution in [0.3, 0.4) is 0 Å². The molecule has 64 valence electrons. The number of aliphatic hydroxyl groups is 1. The number of amidine groups is 1. The maximum absolute atomic E-state index is 9.23. The molecule has 1 atom stereocenters. The third kappa shape index (κ3) is 2.36. The van der Waals surface area contributed by atoms with Crippen molar-refractivity contribution >= 4 is 5.84 Å². The number of nitrogens with one attached hydrogen (secondary N) is 1. The summed E-state index contributed by atoms with van der Waals surface area (Å²) in [5.74, 6) is -0.182. The summed E-state index contributed by atoms with van der Waals surface area (Å²) in [6, 6.07) is 9.48. The third-order valence-corrected chi connectivity index (χ3v) is 1.63. The largest absolute Gasteiger partial charge is 0.385 e. The Morgan fingerprint density at radius 1 is 1.42 bits per heavy atom. The number of benzene rings is 1. The zero-order chi connectivity index (χ0) is 8.97. The Morgan fingerprint density at radius 2 is 2.00 bits per heavy atom. The molecule has 3 heteroatoms. The number of hydrogen-bond acceptors (Lipinski definition) is 2. The molecule has 0 aliphatic heterocycles. The molecule has 0 heterocycles. The van der Waals surface area contributed by atoms with Crippen LogP contribution in [0.15, 0.2) is 30.3 Å². The fourth-order valence-corrected chi connectivity index (χ4v) is 0.947. The van der Waals surface area contributed by atoms with Gasteiger partial charge in [0.25, 0.3) is 0 Å². The maximum Gasteiger partial charge on any atom is 0.120 e. The predicted octanol–water partition coefficient (Wildman–Crippen LogP) is 0.526. The molecule has 3 nitrogen and oxygen atoms in total. The minimum absolute atomic E-state index is 0.182. The van der Waals surface area contributed by atoms with Crippen molar-refractivity contribution in [1.29, 1.82) is 5.41 Å². The van der Waals surface area contributed by atoms with E-state index in [9.17, 15) is 5.11 Å². The molecule has 0 aliphatic rings. The summed E-state index contributed by atoms with van der Waals surface area (Å²) >= 11 is 0. The van der Waals surface area contributed by atoms with Gasteiger partial charge in [-0.3, -0.25) is 5.41 Å². The van der Waals surface area contributed by atoms with Crippen LogP contribution >= 0.6 is 0 Å². The Morgan fingerprint density at radius 3 is 2.50 bits per heavy atom. The molecule has 1 unspecified atom stereocenters. The standard InChI is InChI=1S/C9H12N2O/c10-9(11)8(12)6-7-4-2-1-3-5-7/h1-5,8,12H,6H2,(H3,10,11). The van der Waals surface area contributed by atoms with Gasteiger partial charge in [0.05, 0.1) is 0 Å². The van der Waals surface area contributed by atoms with Crippen LogP contribution in [0.5, 0.6) is 0 Å². The molecule has 0 saturated carbocycles. The molecule has 0 radical (unpaired) electrons. The molecule has 0 aliphatic carbocycles. The summed E-state index contributed by atoms with van der Waals surface area (Å²) in [5.41, 5.74) is 6.10. The molecule has 1 rings (SSSR count). The lowest BCUT2D eigenvalue weighted by Gasteiger charge is -2.07. The topological polar surface area (TPSA) is 70.1 Å². The highest BCUT2D eigenvalue weighted by molar-refractivity contribution is 5.81. The van der Waals surface area contributed by atoms with E-state index in [4.69, 9.17) is 11.1 Å². The Bertz CT molecular complexity index is 258. The van der Waals surface area contributed by atoms with Crippen molar-refractivity contribution in [2.24, 2.45) is 5.73 Å². The second-order valence-corrected chi connectivity index (χ2v) is 2.66. The molecule has 0 amide bonds. The lowest BCUT2D eigenvalue weighted by Crippen LogP contribution is -2.29. The quantitative estimate of drug-likeness (QED) is 0.450. The molecule has 12 heavy (non-hydrogen) atoms. The molecule has 0 saturated heterocycles. The third-order valence-electron chi connectivity index (χ3n) is 1.63. The van der Waals surface area contributed by atoms with Crippen LogP contribution in [0.1, 0.15) is 5.56 Å². The van der Waals surface area contributed by atoms with Crippen molar-refractivity contribution in [2.45, 2.75) is 12.5 Å². The molecular formula is C9H12N2O.